The van der Waals surface area contributed by atoms with E-state index >= 15 is 0 Å². The summed E-state index contributed by atoms with van der Waals surface area (Å²) in [6, 6.07) is 61.0. The number of hydrogen-bond acceptors (Lipinski definition) is 2. The van der Waals surface area contributed by atoms with E-state index in [0.717, 1.165) is 25.7 Å². The monoisotopic (exact) mass is 778 g/mol. The predicted molar refractivity (Wildman–Crippen MR) is 253 cm³/mol. The molecule has 0 atom stereocenters. The standard InChI is InChI=1S/C54H46N2Si2/c1-57(2)49-23-13-18-43-53-42-31-29-40(56-47-21-11-7-16-37(47)26-27-38-17-8-12-22-48(38)56)33-51(42)58(3,4)52(53)34-44(54(43)49)41-30-28-39(32-50(41)57)55-45-19-9-5-14-35(45)24-25-36-15-6-10-20-46(36)55/h5-23,28-34H,24-27H2,1-4H3. The SMILES string of the molecule is C[Si]1(C)c2cc(N3c4ccccc4CCc4ccccc43)ccc2-c2c1cc1c3c(cccc23)[Si](C)(C)c2cc(N3c4ccccc4CCc4ccccc43)ccc2-1. The van der Waals surface area contributed by atoms with E-state index in [1.807, 2.05) is 0 Å². The van der Waals surface area contributed by atoms with Crippen molar-refractivity contribution in [3.8, 4) is 22.3 Å². The van der Waals surface area contributed by atoms with Gasteiger partial charge in [0.1, 0.15) is 16.1 Å². The predicted octanol–water partition coefficient (Wildman–Crippen LogP) is 11.6. The molecule has 0 aliphatic carbocycles. The Morgan fingerprint density at radius 3 is 1.29 bits per heavy atom. The molecule has 0 unspecified atom stereocenters. The third-order valence-corrected chi connectivity index (χ3v) is 21.2. The van der Waals surface area contributed by atoms with Crippen LogP contribution in [0.2, 0.25) is 26.2 Å². The smallest absolute Gasteiger partial charge is 0.113 e. The molecular formula is C54H46N2Si2. The van der Waals surface area contributed by atoms with Crippen LogP contribution < -0.4 is 30.5 Å². The highest BCUT2D eigenvalue weighted by Gasteiger charge is 2.43. The molecule has 280 valence electrons. The number of para-hydroxylation sites is 4. The lowest BCUT2D eigenvalue weighted by Gasteiger charge is -2.36. The molecule has 0 amide bonds. The van der Waals surface area contributed by atoms with Gasteiger partial charge in [-0.2, -0.15) is 0 Å². The summed E-state index contributed by atoms with van der Waals surface area (Å²) >= 11 is 0. The van der Waals surface area contributed by atoms with E-state index in [-0.39, 0.29) is 0 Å². The maximum atomic E-state index is 2.66. The van der Waals surface area contributed by atoms with Crippen molar-refractivity contribution in [3.05, 3.63) is 180 Å². The molecule has 0 radical (unpaired) electrons. The topological polar surface area (TPSA) is 6.48 Å². The third kappa shape index (κ3) is 4.70. The van der Waals surface area contributed by atoms with Gasteiger partial charge in [-0.15, -0.1) is 0 Å². The first-order valence-corrected chi connectivity index (χ1v) is 27.1. The molecule has 0 fully saturated rings. The van der Waals surface area contributed by atoms with Gasteiger partial charge < -0.3 is 9.80 Å². The summed E-state index contributed by atoms with van der Waals surface area (Å²) in [5, 5.41) is 9.15. The average molecular weight is 779 g/mol. The Labute approximate surface area is 344 Å². The number of hydrogen-bond donors (Lipinski definition) is 0. The highest BCUT2D eigenvalue weighted by atomic mass is 28.3. The lowest BCUT2D eigenvalue weighted by Crippen LogP contribution is -2.56. The van der Waals surface area contributed by atoms with E-state index < -0.39 is 16.1 Å². The van der Waals surface area contributed by atoms with Gasteiger partial charge >= 0.3 is 0 Å². The summed E-state index contributed by atoms with van der Waals surface area (Å²) in [7, 11) is -4.27. The summed E-state index contributed by atoms with van der Waals surface area (Å²) < 4.78 is 0. The maximum Gasteiger partial charge on any atom is 0.113 e. The molecule has 8 aromatic carbocycles. The first kappa shape index (κ1) is 34.1. The molecule has 0 saturated heterocycles. The second kappa shape index (κ2) is 12.3. The minimum atomic E-state index is -2.14. The quantitative estimate of drug-likeness (QED) is 0.161. The van der Waals surface area contributed by atoms with Crippen molar-refractivity contribution in [2.75, 3.05) is 9.80 Å². The molecule has 4 aliphatic heterocycles. The second-order valence-electron chi connectivity index (χ2n) is 18.0. The maximum absolute atomic E-state index is 2.66. The summed E-state index contributed by atoms with van der Waals surface area (Å²) in [5.41, 5.74) is 19.2. The minimum absolute atomic E-state index is 1.05. The zero-order valence-electron chi connectivity index (χ0n) is 33.7. The van der Waals surface area contributed by atoms with E-state index in [1.165, 1.54) is 89.4 Å². The van der Waals surface area contributed by atoms with E-state index in [4.69, 9.17) is 0 Å². The molecule has 58 heavy (non-hydrogen) atoms. The molecule has 4 aliphatic rings. The Bertz CT molecular complexity index is 2950. The molecule has 2 nitrogen and oxygen atoms in total. The largest absolute Gasteiger partial charge is 0.310 e. The van der Waals surface area contributed by atoms with Crippen molar-refractivity contribution in [1.29, 1.82) is 0 Å². The highest BCUT2D eigenvalue weighted by molar-refractivity contribution is 7.05. The van der Waals surface area contributed by atoms with Gasteiger partial charge in [0.05, 0.1) is 0 Å². The molecule has 0 bridgehead atoms. The summed E-state index contributed by atoms with van der Waals surface area (Å²) in [6.07, 6.45) is 4.21. The number of nitrogens with zero attached hydrogens (tertiary/aromatic N) is 2. The van der Waals surface area contributed by atoms with Gasteiger partial charge in [-0.05, 0) is 150 Å². The van der Waals surface area contributed by atoms with Crippen LogP contribution in [-0.2, 0) is 25.7 Å². The Kier molecular flexibility index (Phi) is 7.23. The minimum Gasteiger partial charge on any atom is -0.310 e. The van der Waals surface area contributed by atoms with Crippen LogP contribution in [0, 0.1) is 0 Å². The number of anilines is 6. The van der Waals surface area contributed by atoms with Crippen LogP contribution >= 0.6 is 0 Å². The van der Waals surface area contributed by atoms with E-state index in [2.05, 4.69) is 194 Å². The third-order valence-electron chi connectivity index (χ3n) is 14.2. The normalized spacial score (nSPS) is 16.2. The van der Waals surface area contributed by atoms with E-state index in [0.29, 0.717) is 0 Å². The molecule has 12 rings (SSSR count). The first-order valence-electron chi connectivity index (χ1n) is 21.1. The van der Waals surface area contributed by atoms with E-state index in [9.17, 15) is 0 Å². The van der Waals surface area contributed by atoms with Crippen LogP contribution in [-0.4, -0.2) is 16.1 Å². The van der Waals surface area contributed by atoms with Gasteiger partial charge in [0.25, 0.3) is 0 Å². The first-order chi connectivity index (χ1) is 28.3. The lowest BCUT2D eigenvalue weighted by molar-refractivity contribution is 0.977. The van der Waals surface area contributed by atoms with Crippen LogP contribution in [0.1, 0.15) is 22.3 Å². The fourth-order valence-electron chi connectivity index (χ4n) is 11.2. The molecular weight excluding hydrogens is 733 g/mol. The van der Waals surface area contributed by atoms with Gasteiger partial charge in [0.2, 0.25) is 0 Å². The van der Waals surface area contributed by atoms with Crippen LogP contribution in [0.25, 0.3) is 33.0 Å². The number of benzene rings is 8. The highest BCUT2D eigenvalue weighted by Crippen LogP contribution is 2.47. The zero-order valence-corrected chi connectivity index (χ0v) is 35.7. The van der Waals surface area contributed by atoms with Crippen molar-refractivity contribution in [1.82, 2.24) is 0 Å². The fourth-order valence-corrected chi connectivity index (χ4v) is 17.4. The number of rotatable bonds is 2. The van der Waals surface area contributed by atoms with Gasteiger partial charge in [-0.3, -0.25) is 0 Å². The Morgan fingerprint density at radius 1 is 0.362 bits per heavy atom. The van der Waals surface area contributed by atoms with Gasteiger partial charge in [-0.1, -0.05) is 135 Å². The van der Waals surface area contributed by atoms with Crippen molar-refractivity contribution in [2.45, 2.75) is 51.9 Å². The zero-order chi connectivity index (χ0) is 38.9. The molecule has 4 heterocycles. The van der Waals surface area contributed by atoms with Crippen LogP contribution in [0.4, 0.5) is 34.1 Å². The average Bonchev–Trinajstić information content (AvgIpc) is 3.37. The summed E-state index contributed by atoms with van der Waals surface area (Å²) in [5.74, 6) is 0. The molecule has 4 heteroatoms. The van der Waals surface area contributed by atoms with Crippen molar-refractivity contribution >= 4 is 81.8 Å². The molecule has 8 aromatic rings. The number of fused-ring (bicyclic) bond motifs is 10. The van der Waals surface area contributed by atoms with Crippen LogP contribution in [0.5, 0.6) is 0 Å². The number of aryl methyl sites for hydroxylation is 4. The molecule has 0 spiro atoms. The van der Waals surface area contributed by atoms with Crippen molar-refractivity contribution in [3.63, 3.8) is 0 Å². The van der Waals surface area contributed by atoms with Gasteiger partial charge in [0.15, 0.2) is 0 Å². The van der Waals surface area contributed by atoms with Gasteiger partial charge in [0, 0.05) is 34.1 Å². The Hall–Kier alpha value is -5.95. The summed E-state index contributed by atoms with van der Waals surface area (Å²) in [4.78, 5) is 5.09. The Morgan fingerprint density at radius 2 is 0.793 bits per heavy atom. The van der Waals surface area contributed by atoms with Gasteiger partial charge in [-0.25, -0.2) is 0 Å². The van der Waals surface area contributed by atoms with E-state index in [1.54, 1.807) is 20.7 Å². The summed E-state index contributed by atoms with van der Waals surface area (Å²) in [6.45, 7) is 10.4. The van der Waals surface area contributed by atoms with Crippen LogP contribution in [0.15, 0.2) is 158 Å². The van der Waals surface area contributed by atoms with Crippen molar-refractivity contribution in [2.24, 2.45) is 0 Å². The molecule has 0 saturated carbocycles. The van der Waals surface area contributed by atoms with Crippen molar-refractivity contribution < 1.29 is 0 Å². The lowest BCUT2D eigenvalue weighted by atomic mass is 9.91. The molecule has 0 aromatic heterocycles. The fraction of sp³-hybridized carbons (Fsp3) is 0.148. The molecule has 0 N–H and O–H groups in total. The second-order valence-corrected chi connectivity index (χ2v) is 26.6. The van der Waals surface area contributed by atoms with Crippen LogP contribution in [0.3, 0.4) is 0 Å². The Balaban J connectivity index is 1.04.